The quantitative estimate of drug-likeness (QED) is 0.874. The van der Waals surface area contributed by atoms with E-state index in [4.69, 9.17) is 14.6 Å². The molecule has 0 heterocycles. The van der Waals surface area contributed by atoms with Crippen molar-refractivity contribution in [2.45, 2.75) is 26.2 Å². The summed E-state index contributed by atoms with van der Waals surface area (Å²) in [5.74, 6) is -4.64. The Balaban J connectivity index is 3.32. The van der Waals surface area contributed by atoms with Crippen molar-refractivity contribution in [3.8, 4) is 11.5 Å². The summed E-state index contributed by atoms with van der Waals surface area (Å²) in [6.45, 7) is 2.28. The second kappa shape index (κ2) is 6.07. The van der Waals surface area contributed by atoms with Gasteiger partial charge in [-0.1, -0.05) is 6.92 Å². The number of carbonyl (C=O) groups is 1. The maximum atomic E-state index is 13.6. The molecule has 0 spiro atoms. The van der Waals surface area contributed by atoms with Crippen LogP contribution in [0, 0.1) is 5.92 Å². The minimum Gasteiger partial charge on any atom is -0.493 e. The molecular weight excluding hydrogens is 270 g/mol. The first-order valence-corrected chi connectivity index (χ1v) is 6.06. The van der Waals surface area contributed by atoms with Gasteiger partial charge in [-0.25, -0.2) is 8.78 Å². The topological polar surface area (TPSA) is 55.8 Å². The lowest BCUT2D eigenvalue weighted by Gasteiger charge is -2.19. The van der Waals surface area contributed by atoms with Crippen LogP contribution in [0.3, 0.4) is 0 Å². The van der Waals surface area contributed by atoms with E-state index in [9.17, 15) is 13.6 Å². The maximum absolute atomic E-state index is 13.6. The summed E-state index contributed by atoms with van der Waals surface area (Å²) in [5, 5.41) is 8.90. The third kappa shape index (κ3) is 3.59. The first-order valence-electron chi connectivity index (χ1n) is 6.06. The zero-order valence-corrected chi connectivity index (χ0v) is 11.9. The zero-order chi connectivity index (χ0) is 15.5. The molecule has 1 unspecified atom stereocenters. The number of hydrogen-bond acceptors (Lipinski definition) is 3. The lowest BCUT2D eigenvalue weighted by atomic mass is 9.97. The van der Waals surface area contributed by atoms with Crippen molar-refractivity contribution >= 4 is 5.97 Å². The van der Waals surface area contributed by atoms with Gasteiger partial charge in [-0.2, -0.15) is 0 Å². The van der Waals surface area contributed by atoms with Gasteiger partial charge in [0.15, 0.2) is 11.5 Å². The lowest BCUT2D eigenvalue weighted by Crippen LogP contribution is -2.15. The van der Waals surface area contributed by atoms with Gasteiger partial charge in [0.2, 0.25) is 0 Å². The first kappa shape index (κ1) is 16.2. The number of benzene rings is 1. The van der Waals surface area contributed by atoms with Crippen LogP contribution < -0.4 is 9.47 Å². The molecule has 0 radical (unpaired) electrons. The van der Waals surface area contributed by atoms with E-state index in [0.717, 1.165) is 6.92 Å². The Labute approximate surface area is 116 Å². The van der Waals surface area contributed by atoms with E-state index in [0.29, 0.717) is 5.56 Å². The smallest absolute Gasteiger partial charge is 0.306 e. The fourth-order valence-electron chi connectivity index (χ4n) is 1.91. The summed E-state index contributed by atoms with van der Waals surface area (Å²) in [6.07, 6.45) is 0.138. The average molecular weight is 288 g/mol. The predicted octanol–water partition coefficient (Wildman–Crippen LogP) is 3.08. The molecule has 1 rings (SSSR count). The van der Waals surface area contributed by atoms with Crippen molar-refractivity contribution in [3.63, 3.8) is 0 Å². The number of methoxy groups -OCH3 is 2. The molecule has 4 nitrogen and oxygen atoms in total. The van der Waals surface area contributed by atoms with E-state index in [1.54, 1.807) is 0 Å². The van der Waals surface area contributed by atoms with Crippen LogP contribution in [-0.4, -0.2) is 25.3 Å². The Morgan fingerprint density at radius 3 is 2.35 bits per heavy atom. The average Bonchev–Trinajstić information content (AvgIpc) is 2.36. The van der Waals surface area contributed by atoms with Crippen LogP contribution in [-0.2, 0) is 17.1 Å². The third-order valence-corrected chi connectivity index (χ3v) is 2.98. The number of alkyl halides is 2. The van der Waals surface area contributed by atoms with Crippen LogP contribution in [0.25, 0.3) is 0 Å². The van der Waals surface area contributed by atoms with Gasteiger partial charge in [-0.05, 0) is 24.1 Å². The molecule has 112 valence electrons. The van der Waals surface area contributed by atoms with Crippen LogP contribution >= 0.6 is 0 Å². The van der Waals surface area contributed by atoms with Crippen molar-refractivity contribution < 1.29 is 28.2 Å². The predicted molar refractivity (Wildman–Crippen MR) is 69.6 cm³/mol. The summed E-state index contributed by atoms with van der Waals surface area (Å²) in [7, 11) is 2.63. The van der Waals surface area contributed by atoms with Crippen molar-refractivity contribution in [3.05, 3.63) is 23.3 Å². The molecule has 0 aliphatic heterocycles. The van der Waals surface area contributed by atoms with Gasteiger partial charge in [-0.3, -0.25) is 4.79 Å². The van der Waals surface area contributed by atoms with Crippen LogP contribution in [0.15, 0.2) is 12.1 Å². The number of halogens is 2. The molecule has 0 aliphatic carbocycles. The highest BCUT2D eigenvalue weighted by molar-refractivity contribution is 5.70. The Bertz CT molecular complexity index is 495. The van der Waals surface area contributed by atoms with Crippen LogP contribution in [0.4, 0.5) is 8.78 Å². The number of hydrogen-bond donors (Lipinski definition) is 1. The van der Waals surface area contributed by atoms with Gasteiger partial charge in [0.05, 0.1) is 25.7 Å². The number of rotatable bonds is 6. The Morgan fingerprint density at radius 1 is 1.35 bits per heavy atom. The molecule has 6 heteroatoms. The fourth-order valence-corrected chi connectivity index (χ4v) is 1.91. The highest BCUT2D eigenvalue weighted by Gasteiger charge is 2.31. The van der Waals surface area contributed by atoms with E-state index in [-0.39, 0.29) is 23.5 Å². The molecule has 0 bridgehead atoms. The normalized spacial score (nSPS) is 12.9. The minimum atomic E-state index is -3.11. The number of carboxylic acid groups (broad SMARTS) is 1. The summed E-state index contributed by atoms with van der Waals surface area (Å²) in [5.41, 5.74) is 0.154. The monoisotopic (exact) mass is 288 g/mol. The lowest BCUT2D eigenvalue weighted by molar-refractivity contribution is -0.141. The number of carboxylic acids is 1. The van der Waals surface area contributed by atoms with Crippen LogP contribution in [0.1, 0.15) is 25.0 Å². The molecule has 1 aromatic carbocycles. The maximum Gasteiger partial charge on any atom is 0.306 e. The number of aliphatic carboxylic acids is 1. The van der Waals surface area contributed by atoms with Crippen LogP contribution in [0.5, 0.6) is 11.5 Å². The molecule has 0 amide bonds. The molecule has 20 heavy (non-hydrogen) atoms. The summed E-state index contributed by atoms with van der Waals surface area (Å²) < 4.78 is 37.3. The van der Waals surface area contributed by atoms with Crippen molar-refractivity contribution in [2.75, 3.05) is 14.2 Å². The fraction of sp³-hybridized carbons (Fsp3) is 0.500. The van der Waals surface area contributed by atoms with Gasteiger partial charge in [-0.15, -0.1) is 0 Å². The molecule has 0 saturated heterocycles. The van der Waals surface area contributed by atoms with Gasteiger partial charge in [0, 0.05) is 6.92 Å². The van der Waals surface area contributed by atoms with E-state index in [1.807, 2.05) is 0 Å². The molecule has 1 aromatic rings. The van der Waals surface area contributed by atoms with E-state index < -0.39 is 17.8 Å². The van der Waals surface area contributed by atoms with Gasteiger partial charge in [0.25, 0.3) is 5.92 Å². The summed E-state index contributed by atoms with van der Waals surface area (Å²) in [6, 6.07) is 2.79. The van der Waals surface area contributed by atoms with E-state index >= 15 is 0 Å². The standard InChI is InChI=1S/C14H18F2O4/c1-8(13(17)18)5-9-6-10(14(2,15)16)12(20-4)11(7-9)19-3/h6-8H,5H2,1-4H3,(H,17,18). The Kier molecular flexibility index (Phi) is 4.92. The van der Waals surface area contributed by atoms with Gasteiger partial charge in [0.1, 0.15) is 0 Å². The third-order valence-electron chi connectivity index (χ3n) is 2.98. The van der Waals surface area contributed by atoms with Gasteiger partial charge >= 0.3 is 5.97 Å². The second-order valence-electron chi connectivity index (χ2n) is 4.71. The largest absolute Gasteiger partial charge is 0.493 e. The first-order chi connectivity index (χ1) is 9.20. The Hall–Kier alpha value is -1.85. The summed E-state index contributed by atoms with van der Waals surface area (Å²) in [4.78, 5) is 10.9. The molecule has 0 fully saturated rings. The van der Waals surface area contributed by atoms with Crippen molar-refractivity contribution in [1.82, 2.24) is 0 Å². The highest BCUT2D eigenvalue weighted by atomic mass is 19.3. The molecule has 0 saturated carbocycles. The van der Waals surface area contributed by atoms with Crippen molar-refractivity contribution in [1.29, 1.82) is 0 Å². The summed E-state index contributed by atoms with van der Waals surface area (Å²) >= 11 is 0. The van der Waals surface area contributed by atoms with Crippen molar-refractivity contribution in [2.24, 2.45) is 5.92 Å². The molecule has 1 N–H and O–H groups in total. The van der Waals surface area contributed by atoms with E-state index in [2.05, 4.69) is 0 Å². The number of ether oxygens (including phenoxy) is 2. The molecule has 1 atom stereocenters. The minimum absolute atomic E-state index is 0.0354. The molecular formula is C14H18F2O4. The molecule has 0 aromatic heterocycles. The SMILES string of the molecule is COc1cc(CC(C)C(=O)O)cc(C(C)(F)F)c1OC. The highest BCUT2D eigenvalue weighted by Crippen LogP contribution is 2.41. The molecule has 0 aliphatic rings. The van der Waals surface area contributed by atoms with Gasteiger partial charge < -0.3 is 14.6 Å². The zero-order valence-electron chi connectivity index (χ0n) is 11.9. The Morgan fingerprint density at radius 2 is 1.95 bits per heavy atom. The second-order valence-corrected chi connectivity index (χ2v) is 4.71. The van der Waals surface area contributed by atoms with Crippen LogP contribution in [0.2, 0.25) is 0 Å². The van der Waals surface area contributed by atoms with E-state index in [1.165, 1.54) is 33.3 Å².